The van der Waals surface area contributed by atoms with Gasteiger partial charge in [0, 0.05) is 30.7 Å². The number of carbonyl (C=O) groups excluding carboxylic acids is 3. The Morgan fingerprint density at radius 2 is 1.67 bits per heavy atom. The standard InChI is InChI=1S/C23H19N5O7S/c29-20(6-3-11-26-22(30)16-4-1-2-5-17(16)23(26)31)24-21-18-12-36(34,35)13-19(18)25-27(21)14-7-9-15(10-8-14)28(32)33/h1-2,4-5,7-10H,3,6,11-13H2,(H,24,29). The first-order chi connectivity index (χ1) is 17.1. The maximum atomic E-state index is 12.8. The first kappa shape index (κ1) is 23.4. The molecular formula is C23H19N5O7S. The lowest BCUT2D eigenvalue weighted by molar-refractivity contribution is -0.384. The number of nitrogens with zero attached hydrogens (tertiary/aromatic N) is 4. The highest BCUT2D eigenvalue weighted by atomic mass is 32.2. The van der Waals surface area contributed by atoms with Crippen molar-refractivity contribution in [3.05, 3.63) is 81.0 Å². The van der Waals surface area contributed by atoms with Crippen molar-refractivity contribution in [2.24, 2.45) is 0 Å². The Hall–Kier alpha value is -4.39. The van der Waals surface area contributed by atoms with Crippen LogP contribution in [0, 0.1) is 10.1 Å². The summed E-state index contributed by atoms with van der Waals surface area (Å²) in [6.07, 6.45) is 0.157. The quantitative estimate of drug-likeness (QED) is 0.288. The number of hydrogen-bond acceptors (Lipinski definition) is 8. The zero-order chi connectivity index (χ0) is 25.6. The smallest absolute Gasteiger partial charge is 0.269 e. The molecule has 3 amide bonds. The molecule has 3 heterocycles. The van der Waals surface area contributed by atoms with Crippen LogP contribution in [0.2, 0.25) is 0 Å². The maximum Gasteiger partial charge on any atom is 0.269 e. The molecule has 13 heteroatoms. The molecule has 0 saturated heterocycles. The summed E-state index contributed by atoms with van der Waals surface area (Å²) in [5.74, 6) is -1.66. The van der Waals surface area contributed by atoms with E-state index < -0.39 is 32.5 Å². The Kier molecular flexibility index (Phi) is 5.63. The lowest BCUT2D eigenvalue weighted by Gasteiger charge is -2.14. The number of rotatable bonds is 7. The van der Waals surface area contributed by atoms with E-state index in [1.807, 2.05) is 0 Å². The van der Waals surface area contributed by atoms with Crippen LogP contribution in [0.15, 0.2) is 48.5 Å². The monoisotopic (exact) mass is 509 g/mol. The van der Waals surface area contributed by atoms with Crippen LogP contribution in [0.4, 0.5) is 11.5 Å². The van der Waals surface area contributed by atoms with Crippen LogP contribution in [-0.4, -0.2) is 52.3 Å². The number of imide groups is 1. The lowest BCUT2D eigenvalue weighted by Crippen LogP contribution is -2.31. The molecule has 2 aliphatic heterocycles. The number of non-ortho nitro benzene ring substituents is 1. The third kappa shape index (κ3) is 4.13. The van der Waals surface area contributed by atoms with Gasteiger partial charge in [-0.25, -0.2) is 13.1 Å². The first-order valence-corrected chi connectivity index (χ1v) is 12.8. The van der Waals surface area contributed by atoms with Crippen molar-refractivity contribution in [3.8, 4) is 5.69 Å². The van der Waals surface area contributed by atoms with E-state index in [0.29, 0.717) is 28.1 Å². The van der Waals surface area contributed by atoms with Gasteiger partial charge in [-0.3, -0.25) is 29.4 Å². The van der Waals surface area contributed by atoms with Gasteiger partial charge in [0.05, 0.1) is 38.9 Å². The highest BCUT2D eigenvalue weighted by Crippen LogP contribution is 2.33. The highest BCUT2D eigenvalue weighted by Gasteiger charge is 2.35. The minimum absolute atomic E-state index is 0.0413. The van der Waals surface area contributed by atoms with Crippen molar-refractivity contribution < 1.29 is 27.7 Å². The number of nitrogens with one attached hydrogen (secondary N) is 1. The van der Waals surface area contributed by atoms with E-state index in [1.54, 1.807) is 24.3 Å². The predicted molar refractivity (Wildman–Crippen MR) is 126 cm³/mol. The number of hydrogen-bond donors (Lipinski definition) is 1. The zero-order valence-electron chi connectivity index (χ0n) is 18.7. The zero-order valence-corrected chi connectivity index (χ0v) is 19.5. The number of nitro groups is 1. The summed E-state index contributed by atoms with van der Waals surface area (Å²) in [5, 5.41) is 18.0. The molecule has 0 saturated carbocycles. The van der Waals surface area contributed by atoms with Crippen LogP contribution in [0.25, 0.3) is 5.69 Å². The van der Waals surface area contributed by atoms with Crippen LogP contribution in [0.3, 0.4) is 0 Å². The van der Waals surface area contributed by atoms with Gasteiger partial charge in [0.15, 0.2) is 9.84 Å². The average molecular weight is 510 g/mol. The summed E-state index contributed by atoms with van der Waals surface area (Å²) >= 11 is 0. The fraction of sp³-hybridized carbons (Fsp3) is 0.217. The first-order valence-electron chi connectivity index (χ1n) is 11.0. The van der Waals surface area contributed by atoms with Gasteiger partial charge in [-0.15, -0.1) is 0 Å². The molecule has 0 aliphatic carbocycles. The van der Waals surface area contributed by atoms with Gasteiger partial charge >= 0.3 is 0 Å². The van der Waals surface area contributed by atoms with Gasteiger partial charge in [0.25, 0.3) is 17.5 Å². The Balaban J connectivity index is 1.31. The number of fused-ring (bicyclic) bond motifs is 2. The van der Waals surface area contributed by atoms with E-state index in [2.05, 4.69) is 10.4 Å². The van der Waals surface area contributed by atoms with Crippen molar-refractivity contribution in [1.29, 1.82) is 0 Å². The van der Waals surface area contributed by atoms with E-state index in [0.717, 1.165) is 4.90 Å². The molecule has 3 aromatic rings. The SMILES string of the molecule is O=C(CCCN1C(=O)c2ccccc2C1=O)Nc1c2c(nn1-c1ccc([N+](=O)[O-])cc1)CS(=O)(=O)C2. The van der Waals surface area contributed by atoms with Gasteiger partial charge in [-0.05, 0) is 30.7 Å². The minimum atomic E-state index is -3.40. The summed E-state index contributed by atoms with van der Waals surface area (Å²) in [6, 6.07) is 12.0. The number of benzene rings is 2. The second-order valence-corrected chi connectivity index (χ2v) is 10.5. The summed E-state index contributed by atoms with van der Waals surface area (Å²) in [6.45, 7) is 0.0495. The number of sulfone groups is 1. The van der Waals surface area contributed by atoms with E-state index in [-0.39, 0.29) is 42.4 Å². The lowest BCUT2D eigenvalue weighted by atomic mass is 10.1. The third-order valence-electron chi connectivity index (χ3n) is 6.01. The molecule has 184 valence electrons. The molecule has 1 aromatic heterocycles. The highest BCUT2D eigenvalue weighted by molar-refractivity contribution is 7.90. The van der Waals surface area contributed by atoms with Crippen molar-refractivity contribution in [2.75, 3.05) is 11.9 Å². The Labute approximate surface area is 204 Å². The Morgan fingerprint density at radius 1 is 1.03 bits per heavy atom. The predicted octanol–water partition coefficient (Wildman–Crippen LogP) is 2.22. The normalized spacial score (nSPS) is 15.6. The van der Waals surface area contributed by atoms with Crippen molar-refractivity contribution in [3.63, 3.8) is 0 Å². The molecule has 0 atom stereocenters. The van der Waals surface area contributed by atoms with Crippen LogP contribution in [-0.2, 0) is 26.1 Å². The maximum absolute atomic E-state index is 12.8. The largest absolute Gasteiger partial charge is 0.310 e. The molecule has 0 spiro atoms. The number of nitro benzene ring substituents is 1. The molecule has 0 bridgehead atoms. The van der Waals surface area contributed by atoms with Gasteiger partial charge in [-0.1, -0.05) is 12.1 Å². The molecule has 0 unspecified atom stereocenters. The Bertz CT molecular complexity index is 1510. The third-order valence-corrected chi connectivity index (χ3v) is 7.46. The summed E-state index contributed by atoms with van der Waals surface area (Å²) < 4.78 is 25.6. The molecule has 0 fully saturated rings. The Morgan fingerprint density at radius 3 is 2.28 bits per heavy atom. The molecule has 2 aromatic carbocycles. The van der Waals surface area contributed by atoms with Crippen molar-refractivity contribution in [2.45, 2.75) is 24.3 Å². The summed E-state index contributed by atoms with van der Waals surface area (Å²) in [5.41, 5.74) is 1.61. The number of amides is 3. The van der Waals surface area contributed by atoms with E-state index in [9.17, 15) is 32.9 Å². The molecule has 12 nitrogen and oxygen atoms in total. The van der Waals surface area contributed by atoms with Gasteiger partial charge in [0.1, 0.15) is 5.82 Å². The number of anilines is 1. The van der Waals surface area contributed by atoms with E-state index in [4.69, 9.17) is 0 Å². The van der Waals surface area contributed by atoms with Crippen LogP contribution in [0.1, 0.15) is 44.8 Å². The second-order valence-electron chi connectivity index (χ2n) is 8.45. The topological polar surface area (TPSA) is 162 Å². The fourth-order valence-corrected chi connectivity index (χ4v) is 5.80. The average Bonchev–Trinajstić information content (AvgIpc) is 3.41. The van der Waals surface area contributed by atoms with Crippen LogP contribution >= 0.6 is 0 Å². The van der Waals surface area contributed by atoms with Crippen LogP contribution < -0.4 is 5.32 Å². The van der Waals surface area contributed by atoms with Crippen molar-refractivity contribution >= 4 is 39.1 Å². The number of aromatic nitrogens is 2. The molecule has 36 heavy (non-hydrogen) atoms. The summed E-state index contributed by atoms with van der Waals surface area (Å²) in [7, 11) is -3.40. The van der Waals surface area contributed by atoms with Crippen LogP contribution in [0.5, 0.6) is 0 Å². The van der Waals surface area contributed by atoms with Gasteiger partial charge in [-0.2, -0.15) is 5.10 Å². The molecule has 0 radical (unpaired) electrons. The fourth-order valence-electron chi connectivity index (χ4n) is 4.31. The number of carbonyl (C=O) groups is 3. The minimum Gasteiger partial charge on any atom is -0.310 e. The van der Waals surface area contributed by atoms with E-state index >= 15 is 0 Å². The summed E-state index contributed by atoms with van der Waals surface area (Å²) in [4.78, 5) is 49.3. The molecule has 1 N–H and O–H groups in total. The van der Waals surface area contributed by atoms with Gasteiger partial charge < -0.3 is 5.32 Å². The molecular weight excluding hydrogens is 490 g/mol. The molecule has 5 rings (SSSR count). The van der Waals surface area contributed by atoms with E-state index in [1.165, 1.54) is 28.9 Å². The van der Waals surface area contributed by atoms with Gasteiger partial charge in [0.2, 0.25) is 5.91 Å². The second kappa shape index (κ2) is 8.68. The van der Waals surface area contributed by atoms with Crippen molar-refractivity contribution in [1.82, 2.24) is 14.7 Å². The molecule has 2 aliphatic rings.